The van der Waals surface area contributed by atoms with Gasteiger partial charge in [0.05, 0.1) is 0 Å². The zero-order valence-corrected chi connectivity index (χ0v) is 12.3. The van der Waals surface area contributed by atoms with Crippen molar-refractivity contribution >= 4 is 17.3 Å². The van der Waals surface area contributed by atoms with Gasteiger partial charge < -0.3 is 5.32 Å². The second-order valence-corrected chi connectivity index (χ2v) is 5.33. The summed E-state index contributed by atoms with van der Waals surface area (Å²) in [5.41, 5.74) is 4.63. The van der Waals surface area contributed by atoms with Gasteiger partial charge in [-0.1, -0.05) is 72.3 Å². The van der Waals surface area contributed by atoms with E-state index in [1.807, 2.05) is 42.5 Å². The van der Waals surface area contributed by atoms with Gasteiger partial charge in [0.2, 0.25) is 0 Å². The van der Waals surface area contributed by atoms with Crippen molar-refractivity contribution in [1.29, 1.82) is 0 Å². The van der Waals surface area contributed by atoms with Gasteiger partial charge in [0.15, 0.2) is 0 Å². The Morgan fingerprint density at radius 3 is 2.14 bits per heavy atom. The summed E-state index contributed by atoms with van der Waals surface area (Å²) in [4.78, 5) is 0. The van der Waals surface area contributed by atoms with E-state index in [1.54, 1.807) is 0 Å². The molecule has 0 saturated heterocycles. The van der Waals surface area contributed by atoms with Crippen molar-refractivity contribution in [2.75, 3.05) is 5.32 Å². The second-order valence-electron chi connectivity index (χ2n) is 4.90. The minimum atomic E-state index is 0.749. The molecule has 0 saturated carbocycles. The van der Waals surface area contributed by atoms with E-state index in [1.165, 1.54) is 5.56 Å². The van der Waals surface area contributed by atoms with Crippen molar-refractivity contribution in [2.45, 2.75) is 6.54 Å². The van der Waals surface area contributed by atoms with E-state index in [9.17, 15) is 0 Å². The Kier molecular flexibility index (Phi) is 4.23. The second kappa shape index (κ2) is 6.47. The van der Waals surface area contributed by atoms with E-state index in [0.717, 1.165) is 28.4 Å². The van der Waals surface area contributed by atoms with Gasteiger partial charge in [-0.15, -0.1) is 0 Å². The molecule has 0 bridgehead atoms. The molecule has 0 heterocycles. The quantitative estimate of drug-likeness (QED) is 0.658. The Balaban J connectivity index is 1.88. The minimum absolute atomic E-state index is 0.749. The van der Waals surface area contributed by atoms with Gasteiger partial charge in [-0.3, -0.25) is 0 Å². The Morgan fingerprint density at radius 2 is 1.43 bits per heavy atom. The number of anilines is 1. The summed E-state index contributed by atoms with van der Waals surface area (Å²) in [7, 11) is 0. The van der Waals surface area contributed by atoms with Gasteiger partial charge in [-0.2, -0.15) is 0 Å². The lowest BCUT2D eigenvalue weighted by Gasteiger charge is -2.13. The van der Waals surface area contributed by atoms with Crippen molar-refractivity contribution in [1.82, 2.24) is 0 Å². The zero-order valence-electron chi connectivity index (χ0n) is 11.6. The van der Waals surface area contributed by atoms with Crippen molar-refractivity contribution in [2.24, 2.45) is 0 Å². The largest absolute Gasteiger partial charge is 0.380 e. The van der Waals surface area contributed by atoms with Crippen LogP contribution in [0.1, 0.15) is 5.56 Å². The van der Waals surface area contributed by atoms with Crippen LogP contribution in [-0.4, -0.2) is 0 Å². The predicted molar refractivity (Wildman–Crippen MR) is 90.7 cm³/mol. The Morgan fingerprint density at radius 1 is 0.762 bits per heavy atom. The summed E-state index contributed by atoms with van der Waals surface area (Å²) in [5, 5.41) is 4.25. The van der Waals surface area contributed by atoms with Crippen LogP contribution >= 0.6 is 11.6 Å². The summed E-state index contributed by atoms with van der Waals surface area (Å²) in [5.74, 6) is 0. The SMILES string of the molecule is Clc1ccc(NCc2ccccc2)c(-c2ccccc2)c1. The van der Waals surface area contributed by atoms with E-state index < -0.39 is 0 Å². The first-order valence-corrected chi connectivity index (χ1v) is 7.33. The van der Waals surface area contributed by atoms with Crippen molar-refractivity contribution in [3.05, 3.63) is 89.4 Å². The molecule has 0 radical (unpaired) electrons. The molecule has 3 aromatic carbocycles. The molecule has 3 aromatic rings. The molecule has 1 N–H and O–H groups in total. The third kappa shape index (κ3) is 3.45. The number of nitrogens with one attached hydrogen (secondary N) is 1. The molecule has 0 unspecified atom stereocenters. The van der Waals surface area contributed by atoms with Crippen LogP contribution < -0.4 is 5.32 Å². The van der Waals surface area contributed by atoms with Crippen LogP contribution in [0.5, 0.6) is 0 Å². The van der Waals surface area contributed by atoms with Gasteiger partial charge >= 0.3 is 0 Å². The number of hydrogen-bond donors (Lipinski definition) is 1. The van der Waals surface area contributed by atoms with Crippen LogP contribution in [0.4, 0.5) is 5.69 Å². The molecule has 0 spiro atoms. The first-order valence-electron chi connectivity index (χ1n) is 6.96. The zero-order chi connectivity index (χ0) is 14.5. The van der Waals surface area contributed by atoms with Gasteiger partial charge in [-0.25, -0.2) is 0 Å². The van der Waals surface area contributed by atoms with Crippen LogP contribution in [0.3, 0.4) is 0 Å². The van der Waals surface area contributed by atoms with Gasteiger partial charge in [0.1, 0.15) is 0 Å². The number of halogens is 1. The van der Waals surface area contributed by atoms with Crippen LogP contribution in [0.2, 0.25) is 5.02 Å². The highest BCUT2D eigenvalue weighted by molar-refractivity contribution is 6.31. The van der Waals surface area contributed by atoms with E-state index in [0.29, 0.717) is 0 Å². The Bertz CT molecular complexity index is 708. The smallest absolute Gasteiger partial charge is 0.0423 e. The molecule has 3 rings (SSSR count). The average molecular weight is 294 g/mol. The summed E-state index contributed by atoms with van der Waals surface area (Å²) < 4.78 is 0. The van der Waals surface area contributed by atoms with Gasteiger partial charge in [-0.05, 0) is 29.3 Å². The summed E-state index contributed by atoms with van der Waals surface area (Å²) in [6.45, 7) is 0.794. The summed E-state index contributed by atoms with van der Waals surface area (Å²) in [6, 6.07) is 26.6. The third-order valence-electron chi connectivity index (χ3n) is 3.39. The highest BCUT2D eigenvalue weighted by atomic mass is 35.5. The fourth-order valence-electron chi connectivity index (χ4n) is 2.32. The maximum atomic E-state index is 6.16. The fourth-order valence-corrected chi connectivity index (χ4v) is 2.49. The number of hydrogen-bond acceptors (Lipinski definition) is 1. The normalized spacial score (nSPS) is 10.3. The Labute approximate surface area is 130 Å². The topological polar surface area (TPSA) is 12.0 Å². The lowest BCUT2D eigenvalue weighted by atomic mass is 10.0. The molecule has 21 heavy (non-hydrogen) atoms. The maximum absolute atomic E-state index is 6.16. The standard InChI is InChI=1S/C19H16ClN/c20-17-11-12-19(21-14-15-7-3-1-4-8-15)18(13-17)16-9-5-2-6-10-16/h1-13,21H,14H2. The molecule has 0 aliphatic rings. The molecule has 0 aliphatic heterocycles. The molecule has 0 aliphatic carbocycles. The predicted octanol–water partition coefficient (Wildman–Crippen LogP) is 5.62. The molecule has 0 atom stereocenters. The van der Waals surface area contributed by atoms with E-state index in [4.69, 9.17) is 11.6 Å². The van der Waals surface area contributed by atoms with E-state index in [2.05, 4.69) is 41.7 Å². The fraction of sp³-hybridized carbons (Fsp3) is 0.0526. The molecule has 1 nitrogen and oxygen atoms in total. The number of rotatable bonds is 4. The highest BCUT2D eigenvalue weighted by Gasteiger charge is 2.05. The average Bonchev–Trinajstić information content (AvgIpc) is 2.55. The van der Waals surface area contributed by atoms with Gasteiger partial charge in [0.25, 0.3) is 0 Å². The number of benzene rings is 3. The Hall–Kier alpha value is -2.25. The lowest BCUT2D eigenvalue weighted by molar-refractivity contribution is 1.15. The van der Waals surface area contributed by atoms with Crippen molar-refractivity contribution < 1.29 is 0 Å². The molecule has 0 aromatic heterocycles. The molecule has 0 fully saturated rings. The van der Waals surface area contributed by atoms with Crippen LogP contribution in [0, 0.1) is 0 Å². The molecule has 0 amide bonds. The van der Waals surface area contributed by atoms with Gasteiger partial charge in [0, 0.05) is 22.8 Å². The van der Waals surface area contributed by atoms with Crippen LogP contribution in [0.15, 0.2) is 78.9 Å². The lowest BCUT2D eigenvalue weighted by Crippen LogP contribution is -2.00. The highest BCUT2D eigenvalue weighted by Crippen LogP contribution is 2.31. The summed E-state index contributed by atoms with van der Waals surface area (Å²) >= 11 is 6.16. The first kappa shape index (κ1) is 13.7. The van der Waals surface area contributed by atoms with E-state index >= 15 is 0 Å². The minimum Gasteiger partial charge on any atom is -0.380 e. The van der Waals surface area contributed by atoms with Crippen LogP contribution in [0.25, 0.3) is 11.1 Å². The van der Waals surface area contributed by atoms with Crippen molar-refractivity contribution in [3.63, 3.8) is 0 Å². The van der Waals surface area contributed by atoms with E-state index in [-0.39, 0.29) is 0 Å². The third-order valence-corrected chi connectivity index (χ3v) is 3.63. The summed E-state index contributed by atoms with van der Waals surface area (Å²) in [6.07, 6.45) is 0. The molecular weight excluding hydrogens is 278 g/mol. The maximum Gasteiger partial charge on any atom is 0.0423 e. The molecular formula is C19H16ClN. The molecule has 2 heteroatoms. The first-order chi connectivity index (χ1) is 10.3. The monoisotopic (exact) mass is 293 g/mol. The molecule has 104 valence electrons. The van der Waals surface area contributed by atoms with Crippen LogP contribution in [-0.2, 0) is 6.54 Å². The van der Waals surface area contributed by atoms with Crippen molar-refractivity contribution in [3.8, 4) is 11.1 Å².